The molecule has 0 saturated carbocycles. The van der Waals surface area contributed by atoms with Crippen LogP contribution < -0.4 is 0 Å². The second-order valence-corrected chi connectivity index (χ2v) is 7.32. The lowest BCUT2D eigenvalue weighted by atomic mass is 10.5. The van der Waals surface area contributed by atoms with Gasteiger partial charge in [0.25, 0.3) is 0 Å². The van der Waals surface area contributed by atoms with Crippen LogP contribution in [-0.2, 0) is 21.3 Å². The average molecular weight is 258 g/mol. The van der Waals surface area contributed by atoms with Gasteiger partial charge in [0.2, 0.25) is 0 Å². The summed E-state index contributed by atoms with van der Waals surface area (Å²) in [4.78, 5) is 1.82. The minimum absolute atomic E-state index is 0.155. The molecule has 0 amide bonds. The second-order valence-electron chi connectivity index (χ2n) is 3.19. The summed E-state index contributed by atoms with van der Waals surface area (Å²) in [5.74, 6) is 0.311. The van der Waals surface area contributed by atoms with E-state index < -0.39 is 9.84 Å². The Morgan fingerprint density at radius 2 is 1.40 bits per heavy atom. The van der Waals surface area contributed by atoms with Crippen molar-refractivity contribution in [1.29, 1.82) is 0 Å². The molecule has 2 aromatic rings. The summed E-state index contributed by atoms with van der Waals surface area (Å²) < 4.78 is 23.6. The Bertz CT molecular complexity index is 453. The van der Waals surface area contributed by atoms with E-state index in [4.69, 9.17) is 0 Å². The van der Waals surface area contributed by atoms with Crippen LogP contribution in [0.15, 0.2) is 35.0 Å². The summed E-state index contributed by atoms with van der Waals surface area (Å²) in [6.07, 6.45) is 0. The van der Waals surface area contributed by atoms with E-state index >= 15 is 0 Å². The van der Waals surface area contributed by atoms with Gasteiger partial charge in [-0.25, -0.2) is 8.42 Å². The maximum Gasteiger partial charge on any atom is 0.160 e. The first kappa shape index (κ1) is 10.9. The van der Waals surface area contributed by atoms with E-state index in [1.165, 1.54) is 22.7 Å². The van der Waals surface area contributed by atoms with Crippen molar-refractivity contribution in [3.8, 4) is 0 Å². The standard InChI is InChI=1S/C10H10O2S3/c11-15(12,7-9-3-1-5-13-9)8-10-4-2-6-14-10/h1-6H,7-8H2. The van der Waals surface area contributed by atoms with Crippen molar-refractivity contribution in [2.24, 2.45) is 0 Å². The Labute approximate surface area is 97.1 Å². The van der Waals surface area contributed by atoms with Gasteiger partial charge in [-0.3, -0.25) is 0 Å². The monoisotopic (exact) mass is 258 g/mol. The highest BCUT2D eigenvalue weighted by molar-refractivity contribution is 7.90. The van der Waals surface area contributed by atoms with Crippen LogP contribution in [-0.4, -0.2) is 8.42 Å². The molecule has 0 spiro atoms. The normalized spacial score (nSPS) is 11.7. The van der Waals surface area contributed by atoms with Gasteiger partial charge in [-0.1, -0.05) is 12.1 Å². The van der Waals surface area contributed by atoms with Crippen molar-refractivity contribution < 1.29 is 8.42 Å². The third-order valence-electron chi connectivity index (χ3n) is 1.88. The van der Waals surface area contributed by atoms with Gasteiger partial charge >= 0.3 is 0 Å². The molecule has 0 aliphatic heterocycles. The molecule has 0 aromatic carbocycles. The molecule has 0 N–H and O–H groups in total. The van der Waals surface area contributed by atoms with Crippen LogP contribution in [0.1, 0.15) is 9.75 Å². The Hall–Kier alpha value is -0.650. The Morgan fingerprint density at radius 1 is 0.933 bits per heavy atom. The van der Waals surface area contributed by atoms with E-state index in [0.29, 0.717) is 0 Å². The highest BCUT2D eigenvalue weighted by atomic mass is 32.2. The minimum Gasteiger partial charge on any atom is -0.228 e. The van der Waals surface area contributed by atoms with Crippen molar-refractivity contribution >= 4 is 32.5 Å². The van der Waals surface area contributed by atoms with Crippen LogP contribution in [0.3, 0.4) is 0 Å². The lowest BCUT2D eigenvalue weighted by Gasteiger charge is -2.00. The molecule has 0 bridgehead atoms. The van der Waals surface area contributed by atoms with Crippen LogP contribution in [0, 0.1) is 0 Å². The van der Waals surface area contributed by atoms with Crippen LogP contribution in [0.25, 0.3) is 0 Å². The fraction of sp³-hybridized carbons (Fsp3) is 0.200. The zero-order valence-electron chi connectivity index (χ0n) is 7.92. The number of thiophene rings is 2. The van der Waals surface area contributed by atoms with Gasteiger partial charge in [0.15, 0.2) is 9.84 Å². The SMILES string of the molecule is O=S(=O)(Cc1cccs1)Cc1cccs1. The Morgan fingerprint density at radius 3 is 1.73 bits per heavy atom. The van der Waals surface area contributed by atoms with Gasteiger partial charge in [-0.2, -0.15) is 0 Å². The van der Waals surface area contributed by atoms with E-state index in [-0.39, 0.29) is 11.5 Å². The molecule has 0 aliphatic rings. The van der Waals surface area contributed by atoms with Gasteiger partial charge in [-0.15, -0.1) is 22.7 Å². The molecule has 2 heterocycles. The summed E-state index contributed by atoms with van der Waals surface area (Å²) in [6.45, 7) is 0. The first-order valence-electron chi connectivity index (χ1n) is 4.41. The largest absolute Gasteiger partial charge is 0.228 e. The third-order valence-corrected chi connectivity index (χ3v) is 5.50. The lowest BCUT2D eigenvalue weighted by molar-refractivity contribution is 0.595. The molecule has 0 saturated heterocycles. The number of sulfone groups is 1. The Kier molecular flexibility index (Phi) is 3.23. The molecule has 0 aliphatic carbocycles. The summed E-state index contributed by atoms with van der Waals surface area (Å²) in [6, 6.07) is 7.47. The molecule has 5 heteroatoms. The average Bonchev–Trinajstić information content (AvgIpc) is 2.75. The highest BCUT2D eigenvalue weighted by Crippen LogP contribution is 2.18. The number of hydrogen-bond donors (Lipinski definition) is 0. The quantitative estimate of drug-likeness (QED) is 0.845. The summed E-state index contributed by atoms with van der Waals surface area (Å²) in [5.41, 5.74) is 0. The fourth-order valence-corrected chi connectivity index (χ4v) is 5.04. The van der Waals surface area contributed by atoms with Gasteiger partial charge in [-0.05, 0) is 22.9 Å². The minimum atomic E-state index is -3.01. The van der Waals surface area contributed by atoms with Gasteiger partial charge < -0.3 is 0 Å². The molecule has 2 nitrogen and oxygen atoms in total. The first-order chi connectivity index (χ1) is 7.16. The van der Waals surface area contributed by atoms with Crippen molar-refractivity contribution in [3.63, 3.8) is 0 Å². The number of rotatable bonds is 4. The van der Waals surface area contributed by atoms with Crippen LogP contribution in [0.2, 0.25) is 0 Å². The van der Waals surface area contributed by atoms with E-state index in [1.54, 1.807) is 0 Å². The smallest absolute Gasteiger partial charge is 0.160 e. The molecule has 0 unspecified atom stereocenters. The molecule has 80 valence electrons. The maximum atomic E-state index is 11.8. The molecule has 0 fully saturated rings. The van der Waals surface area contributed by atoms with E-state index in [1.807, 2.05) is 35.0 Å². The van der Waals surface area contributed by atoms with Crippen molar-refractivity contribution in [2.45, 2.75) is 11.5 Å². The topological polar surface area (TPSA) is 34.1 Å². The van der Waals surface area contributed by atoms with Crippen molar-refractivity contribution in [1.82, 2.24) is 0 Å². The highest BCUT2D eigenvalue weighted by Gasteiger charge is 2.14. The lowest BCUT2D eigenvalue weighted by Crippen LogP contribution is -2.05. The van der Waals surface area contributed by atoms with Gasteiger partial charge in [0, 0.05) is 9.75 Å². The predicted octanol–water partition coefficient (Wildman–Crippen LogP) is 2.92. The maximum absolute atomic E-state index is 11.8. The van der Waals surface area contributed by atoms with E-state index in [9.17, 15) is 8.42 Å². The van der Waals surface area contributed by atoms with Crippen LogP contribution in [0.4, 0.5) is 0 Å². The van der Waals surface area contributed by atoms with E-state index in [2.05, 4.69) is 0 Å². The summed E-state index contributed by atoms with van der Waals surface area (Å²) in [7, 11) is -3.01. The molecule has 2 aromatic heterocycles. The third kappa shape index (κ3) is 3.15. The molecule has 0 radical (unpaired) electrons. The second kappa shape index (κ2) is 4.47. The fourth-order valence-electron chi connectivity index (χ4n) is 1.27. The summed E-state index contributed by atoms with van der Waals surface area (Å²) in [5, 5.41) is 3.80. The summed E-state index contributed by atoms with van der Waals surface area (Å²) >= 11 is 2.97. The van der Waals surface area contributed by atoms with Gasteiger partial charge in [0.05, 0.1) is 11.5 Å². The predicted molar refractivity (Wildman–Crippen MR) is 65.0 cm³/mol. The molecular weight excluding hydrogens is 248 g/mol. The van der Waals surface area contributed by atoms with Crippen LogP contribution in [0.5, 0.6) is 0 Å². The molecule has 2 rings (SSSR count). The van der Waals surface area contributed by atoms with Crippen molar-refractivity contribution in [2.75, 3.05) is 0 Å². The van der Waals surface area contributed by atoms with Gasteiger partial charge in [0.1, 0.15) is 0 Å². The number of hydrogen-bond acceptors (Lipinski definition) is 4. The molecule has 15 heavy (non-hydrogen) atoms. The first-order valence-corrected chi connectivity index (χ1v) is 7.99. The zero-order valence-corrected chi connectivity index (χ0v) is 10.4. The van der Waals surface area contributed by atoms with Crippen LogP contribution >= 0.6 is 22.7 Å². The zero-order chi connectivity index (χ0) is 10.7. The van der Waals surface area contributed by atoms with Crippen molar-refractivity contribution in [3.05, 3.63) is 44.8 Å². The Balaban J connectivity index is 2.08. The van der Waals surface area contributed by atoms with E-state index in [0.717, 1.165) is 9.75 Å². The molecule has 0 atom stereocenters. The molecular formula is C10H10O2S3.